The van der Waals surface area contributed by atoms with Crippen molar-refractivity contribution in [2.45, 2.75) is 6.04 Å². The first-order valence-corrected chi connectivity index (χ1v) is 6.40. The minimum Gasteiger partial charge on any atom is -0.491 e. The van der Waals surface area contributed by atoms with E-state index in [-0.39, 0.29) is 6.04 Å². The van der Waals surface area contributed by atoms with Gasteiger partial charge in [-0.25, -0.2) is 4.98 Å². The molecule has 3 N–H and O–H groups in total. The standard InChI is InChI=1S/C14H13N3OS/c15-14(19)10-5-3-7-13(16-10)17-11-8-18-12-6-2-1-4-9(11)12/h1-7,11H,8H2,(H2,15,19)(H,16,17). The number of ether oxygens (including phenoxy) is 1. The number of fused-ring (bicyclic) bond motifs is 1. The van der Waals surface area contributed by atoms with Gasteiger partial charge in [-0.05, 0) is 18.2 Å². The molecule has 1 aromatic heterocycles. The van der Waals surface area contributed by atoms with Crippen molar-refractivity contribution in [3.05, 3.63) is 53.7 Å². The summed E-state index contributed by atoms with van der Waals surface area (Å²) in [5, 5.41) is 3.34. The Bertz CT molecular complexity index is 630. The zero-order chi connectivity index (χ0) is 13.2. The monoisotopic (exact) mass is 271 g/mol. The summed E-state index contributed by atoms with van der Waals surface area (Å²) in [4.78, 5) is 4.67. The van der Waals surface area contributed by atoms with E-state index in [4.69, 9.17) is 22.7 Å². The summed E-state index contributed by atoms with van der Waals surface area (Å²) in [6, 6.07) is 13.7. The molecule has 5 heteroatoms. The van der Waals surface area contributed by atoms with E-state index >= 15 is 0 Å². The lowest BCUT2D eigenvalue weighted by Crippen LogP contribution is -2.16. The Kier molecular flexibility index (Phi) is 3.05. The third-order valence-corrected chi connectivity index (χ3v) is 3.23. The molecule has 4 nitrogen and oxygen atoms in total. The van der Waals surface area contributed by atoms with Crippen molar-refractivity contribution in [1.82, 2.24) is 4.98 Å². The summed E-state index contributed by atoms with van der Waals surface area (Å²) >= 11 is 4.93. The highest BCUT2D eigenvalue weighted by Gasteiger charge is 2.23. The van der Waals surface area contributed by atoms with Gasteiger partial charge in [0.15, 0.2) is 0 Å². The Hall–Kier alpha value is -2.14. The lowest BCUT2D eigenvalue weighted by atomic mass is 10.1. The van der Waals surface area contributed by atoms with E-state index in [0.29, 0.717) is 17.3 Å². The van der Waals surface area contributed by atoms with Crippen molar-refractivity contribution < 1.29 is 4.74 Å². The van der Waals surface area contributed by atoms with Crippen molar-refractivity contribution >= 4 is 23.0 Å². The smallest absolute Gasteiger partial charge is 0.127 e. The number of nitrogens with two attached hydrogens (primary N) is 1. The fraction of sp³-hybridized carbons (Fsp3) is 0.143. The predicted octanol–water partition coefficient (Wildman–Crippen LogP) is 2.26. The van der Waals surface area contributed by atoms with Gasteiger partial charge in [-0.1, -0.05) is 36.5 Å². The maximum atomic E-state index is 5.62. The van der Waals surface area contributed by atoms with Crippen molar-refractivity contribution in [3.8, 4) is 5.75 Å². The molecule has 3 rings (SSSR count). The first-order chi connectivity index (χ1) is 9.24. The van der Waals surface area contributed by atoms with Gasteiger partial charge in [0.1, 0.15) is 23.2 Å². The van der Waals surface area contributed by atoms with Crippen LogP contribution in [0, 0.1) is 0 Å². The minimum absolute atomic E-state index is 0.102. The van der Waals surface area contributed by atoms with Gasteiger partial charge in [0, 0.05) is 5.56 Å². The van der Waals surface area contributed by atoms with Crippen LogP contribution in [0.5, 0.6) is 5.75 Å². The average Bonchev–Trinajstić information content (AvgIpc) is 2.83. The Morgan fingerprint density at radius 1 is 1.26 bits per heavy atom. The SMILES string of the molecule is NC(=S)c1cccc(NC2COc3ccccc32)n1. The second-order valence-corrected chi connectivity index (χ2v) is 4.76. The van der Waals surface area contributed by atoms with Crippen molar-refractivity contribution in [3.63, 3.8) is 0 Å². The first kappa shape index (κ1) is 11.9. The van der Waals surface area contributed by atoms with E-state index in [0.717, 1.165) is 17.1 Å². The van der Waals surface area contributed by atoms with Crippen molar-refractivity contribution in [1.29, 1.82) is 0 Å². The van der Waals surface area contributed by atoms with E-state index in [1.54, 1.807) is 6.07 Å². The van der Waals surface area contributed by atoms with Gasteiger partial charge in [0.05, 0.1) is 11.7 Å². The minimum atomic E-state index is 0.102. The van der Waals surface area contributed by atoms with E-state index < -0.39 is 0 Å². The molecule has 1 atom stereocenters. The first-order valence-electron chi connectivity index (χ1n) is 5.99. The van der Waals surface area contributed by atoms with Crippen LogP contribution in [0.3, 0.4) is 0 Å². The molecule has 1 aliphatic rings. The topological polar surface area (TPSA) is 60.2 Å². The number of anilines is 1. The van der Waals surface area contributed by atoms with Crippen LogP contribution in [0.25, 0.3) is 0 Å². The lowest BCUT2D eigenvalue weighted by molar-refractivity contribution is 0.339. The number of aromatic nitrogens is 1. The fourth-order valence-electron chi connectivity index (χ4n) is 2.11. The van der Waals surface area contributed by atoms with Crippen LogP contribution in [0.15, 0.2) is 42.5 Å². The summed E-state index contributed by atoms with van der Waals surface area (Å²) in [7, 11) is 0. The third kappa shape index (κ3) is 2.37. The predicted molar refractivity (Wildman–Crippen MR) is 78.4 cm³/mol. The summed E-state index contributed by atoms with van der Waals surface area (Å²) < 4.78 is 5.62. The Labute approximate surface area is 116 Å². The van der Waals surface area contributed by atoms with Crippen LogP contribution in [0.2, 0.25) is 0 Å². The lowest BCUT2D eigenvalue weighted by Gasteiger charge is -2.12. The maximum Gasteiger partial charge on any atom is 0.127 e. The molecule has 0 aliphatic carbocycles. The highest BCUT2D eigenvalue weighted by Crippen LogP contribution is 2.33. The number of pyridine rings is 1. The number of benzene rings is 1. The molecule has 19 heavy (non-hydrogen) atoms. The van der Waals surface area contributed by atoms with E-state index in [9.17, 15) is 0 Å². The quantitative estimate of drug-likeness (QED) is 0.839. The number of rotatable bonds is 3. The summed E-state index contributed by atoms with van der Waals surface area (Å²) in [5.74, 6) is 1.67. The fourth-order valence-corrected chi connectivity index (χ4v) is 2.23. The Morgan fingerprint density at radius 3 is 2.95 bits per heavy atom. The zero-order valence-corrected chi connectivity index (χ0v) is 11.0. The number of nitrogens with one attached hydrogen (secondary N) is 1. The number of nitrogens with zero attached hydrogens (tertiary/aromatic N) is 1. The molecule has 2 heterocycles. The van der Waals surface area contributed by atoms with Crippen molar-refractivity contribution in [2.24, 2.45) is 5.73 Å². The molecule has 1 unspecified atom stereocenters. The van der Waals surface area contributed by atoms with Crippen LogP contribution < -0.4 is 15.8 Å². The molecule has 0 fully saturated rings. The van der Waals surface area contributed by atoms with E-state index in [1.807, 2.05) is 30.3 Å². The highest BCUT2D eigenvalue weighted by atomic mass is 32.1. The largest absolute Gasteiger partial charge is 0.491 e. The van der Waals surface area contributed by atoms with Crippen LogP contribution in [0.1, 0.15) is 17.3 Å². The second kappa shape index (κ2) is 4.85. The molecule has 2 aromatic rings. The molecule has 0 spiro atoms. The average molecular weight is 271 g/mol. The molecule has 0 radical (unpaired) electrons. The van der Waals surface area contributed by atoms with Crippen molar-refractivity contribution in [2.75, 3.05) is 11.9 Å². The number of thiocarbonyl (C=S) groups is 1. The third-order valence-electron chi connectivity index (χ3n) is 3.02. The molecular weight excluding hydrogens is 258 g/mol. The molecule has 1 aliphatic heterocycles. The van der Waals surface area contributed by atoms with Gasteiger partial charge in [0.2, 0.25) is 0 Å². The van der Waals surface area contributed by atoms with Crippen LogP contribution in [0.4, 0.5) is 5.82 Å². The number of hydrogen-bond acceptors (Lipinski definition) is 4. The highest BCUT2D eigenvalue weighted by molar-refractivity contribution is 7.80. The molecule has 96 valence electrons. The molecular formula is C14H13N3OS. The zero-order valence-electron chi connectivity index (χ0n) is 10.2. The second-order valence-electron chi connectivity index (χ2n) is 4.32. The summed E-state index contributed by atoms with van der Waals surface area (Å²) in [5.41, 5.74) is 7.35. The molecule has 1 aromatic carbocycles. The van der Waals surface area contributed by atoms with Gasteiger partial charge < -0.3 is 15.8 Å². The molecule has 0 saturated heterocycles. The molecule has 0 amide bonds. The van der Waals surface area contributed by atoms with Crippen LogP contribution >= 0.6 is 12.2 Å². The molecule has 0 bridgehead atoms. The van der Waals surface area contributed by atoms with E-state index in [2.05, 4.69) is 16.4 Å². The maximum absolute atomic E-state index is 5.62. The summed E-state index contributed by atoms with van der Waals surface area (Å²) in [6.45, 7) is 0.596. The molecule has 0 saturated carbocycles. The van der Waals surface area contributed by atoms with Crippen LogP contribution in [-0.4, -0.2) is 16.6 Å². The van der Waals surface area contributed by atoms with Gasteiger partial charge in [-0.3, -0.25) is 0 Å². The van der Waals surface area contributed by atoms with Gasteiger partial charge in [-0.15, -0.1) is 0 Å². The van der Waals surface area contributed by atoms with Crippen LogP contribution in [-0.2, 0) is 0 Å². The van der Waals surface area contributed by atoms with Gasteiger partial charge >= 0.3 is 0 Å². The van der Waals surface area contributed by atoms with Gasteiger partial charge in [-0.2, -0.15) is 0 Å². The summed E-state index contributed by atoms with van der Waals surface area (Å²) in [6.07, 6.45) is 0. The Balaban J connectivity index is 1.83. The number of hydrogen-bond donors (Lipinski definition) is 2. The van der Waals surface area contributed by atoms with Gasteiger partial charge in [0.25, 0.3) is 0 Å². The van der Waals surface area contributed by atoms with E-state index in [1.165, 1.54) is 0 Å². The Morgan fingerprint density at radius 2 is 2.11 bits per heavy atom. The normalized spacial score (nSPS) is 16.5. The number of para-hydroxylation sites is 1.